The second-order valence-corrected chi connectivity index (χ2v) is 8.52. The Morgan fingerprint density at radius 3 is 2.31 bits per heavy atom. The zero-order valence-corrected chi connectivity index (χ0v) is 19.1. The molecule has 1 aromatic heterocycles. The van der Waals surface area contributed by atoms with E-state index in [4.69, 9.17) is 4.74 Å². The van der Waals surface area contributed by atoms with Gasteiger partial charge in [0.1, 0.15) is 17.3 Å². The van der Waals surface area contributed by atoms with Crippen molar-refractivity contribution in [3.63, 3.8) is 0 Å². The van der Waals surface area contributed by atoms with Gasteiger partial charge in [-0.25, -0.2) is 4.98 Å². The predicted octanol–water partition coefficient (Wildman–Crippen LogP) is 5.26. The minimum absolute atomic E-state index is 0.00977. The molecule has 0 bridgehead atoms. The van der Waals surface area contributed by atoms with Gasteiger partial charge in [0, 0.05) is 16.2 Å². The highest BCUT2D eigenvalue weighted by Gasteiger charge is 2.47. The van der Waals surface area contributed by atoms with Crippen molar-refractivity contribution in [1.29, 1.82) is 0 Å². The largest absolute Gasteiger partial charge is 0.507 e. The highest BCUT2D eigenvalue weighted by Crippen LogP contribution is 2.41. The average Bonchev–Trinajstić information content (AvgIpc) is 3.05. The number of amides is 1. The molecule has 1 aliphatic heterocycles. The molecule has 0 aliphatic carbocycles. The third-order valence-electron chi connectivity index (χ3n) is 5.03. The van der Waals surface area contributed by atoms with Crippen molar-refractivity contribution in [3.05, 3.63) is 94.1 Å². The Labute approximate surface area is 194 Å². The first-order valence-corrected chi connectivity index (χ1v) is 10.9. The molecule has 1 aliphatic rings. The lowest BCUT2D eigenvalue weighted by Gasteiger charge is -2.24. The van der Waals surface area contributed by atoms with Crippen molar-refractivity contribution in [2.75, 3.05) is 4.90 Å². The summed E-state index contributed by atoms with van der Waals surface area (Å²) in [6.07, 6.45) is 1.57. The van der Waals surface area contributed by atoms with Gasteiger partial charge in [0.25, 0.3) is 5.78 Å². The van der Waals surface area contributed by atoms with Gasteiger partial charge in [-0.05, 0) is 67.9 Å². The first kappa shape index (κ1) is 21.8. The number of pyridine rings is 1. The van der Waals surface area contributed by atoms with Gasteiger partial charge in [-0.2, -0.15) is 0 Å². The number of hydrogen-bond acceptors (Lipinski definition) is 5. The summed E-state index contributed by atoms with van der Waals surface area (Å²) >= 11 is 3.41. The number of carbonyl (C=O) groups excluding carboxylic acids is 2. The monoisotopic (exact) mass is 492 g/mol. The van der Waals surface area contributed by atoms with Crippen molar-refractivity contribution in [3.8, 4) is 5.75 Å². The second-order valence-electron chi connectivity index (χ2n) is 7.60. The van der Waals surface area contributed by atoms with Crippen LogP contribution in [0.2, 0.25) is 0 Å². The number of hydrogen-bond donors (Lipinski definition) is 1. The van der Waals surface area contributed by atoms with Crippen molar-refractivity contribution in [2.24, 2.45) is 0 Å². The molecule has 32 heavy (non-hydrogen) atoms. The fourth-order valence-electron chi connectivity index (χ4n) is 3.64. The summed E-state index contributed by atoms with van der Waals surface area (Å²) in [5.41, 5.74) is 1.11. The molecule has 1 saturated heterocycles. The Balaban J connectivity index is 1.85. The maximum Gasteiger partial charge on any atom is 0.301 e. The molecule has 1 unspecified atom stereocenters. The molecule has 1 atom stereocenters. The highest BCUT2D eigenvalue weighted by atomic mass is 79.9. The molecule has 6 nitrogen and oxygen atoms in total. The van der Waals surface area contributed by atoms with E-state index in [1.54, 1.807) is 48.7 Å². The quantitative estimate of drug-likeness (QED) is 0.298. The van der Waals surface area contributed by atoms with E-state index in [1.807, 2.05) is 38.1 Å². The maximum absolute atomic E-state index is 13.1. The van der Waals surface area contributed by atoms with Gasteiger partial charge < -0.3 is 9.84 Å². The number of benzene rings is 2. The van der Waals surface area contributed by atoms with Gasteiger partial charge in [0.05, 0.1) is 17.7 Å². The minimum Gasteiger partial charge on any atom is -0.507 e. The summed E-state index contributed by atoms with van der Waals surface area (Å²) in [6, 6.07) is 18.4. The van der Waals surface area contributed by atoms with Crippen LogP contribution in [0.5, 0.6) is 5.75 Å². The van der Waals surface area contributed by atoms with E-state index in [0.29, 0.717) is 22.7 Å². The molecule has 1 fully saturated rings. The Kier molecular flexibility index (Phi) is 6.10. The SMILES string of the molecule is CC(C)Oc1ccc(C(O)=C2C(=O)C(=O)N(c3ccccn3)C2c2ccc(Br)cc2)cc1. The van der Waals surface area contributed by atoms with E-state index in [-0.39, 0.29) is 17.4 Å². The van der Waals surface area contributed by atoms with Crippen molar-refractivity contribution in [1.82, 2.24) is 4.98 Å². The summed E-state index contributed by atoms with van der Waals surface area (Å²) in [5, 5.41) is 11.1. The van der Waals surface area contributed by atoms with Gasteiger partial charge in [0.15, 0.2) is 0 Å². The number of carbonyl (C=O) groups is 2. The molecule has 3 aromatic rings. The molecular weight excluding hydrogens is 472 g/mol. The van der Waals surface area contributed by atoms with Gasteiger partial charge in [0.2, 0.25) is 0 Å². The predicted molar refractivity (Wildman–Crippen MR) is 125 cm³/mol. The van der Waals surface area contributed by atoms with Gasteiger partial charge in [-0.1, -0.05) is 34.1 Å². The number of halogens is 1. The molecule has 1 N–H and O–H groups in total. The number of anilines is 1. The van der Waals surface area contributed by atoms with Crippen molar-refractivity contribution < 1.29 is 19.4 Å². The van der Waals surface area contributed by atoms with E-state index in [2.05, 4.69) is 20.9 Å². The summed E-state index contributed by atoms with van der Waals surface area (Å²) in [4.78, 5) is 31.7. The van der Waals surface area contributed by atoms with Crippen LogP contribution in [-0.4, -0.2) is 27.9 Å². The van der Waals surface area contributed by atoms with Crippen LogP contribution in [0.15, 0.2) is 83.0 Å². The molecule has 4 rings (SSSR count). The molecule has 2 heterocycles. The van der Waals surface area contributed by atoms with Crippen LogP contribution in [0.3, 0.4) is 0 Å². The highest BCUT2D eigenvalue weighted by molar-refractivity contribution is 9.10. The van der Waals surface area contributed by atoms with E-state index in [0.717, 1.165) is 4.47 Å². The summed E-state index contributed by atoms with van der Waals surface area (Å²) in [5.74, 6) is -0.760. The van der Waals surface area contributed by atoms with Gasteiger partial charge in [-0.3, -0.25) is 14.5 Å². The number of rotatable bonds is 5. The number of ketones is 1. The molecule has 0 saturated carbocycles. The van der Waals surface area contributed by atoms with Crippen LogP contribution in [0.4, 0.5) is 5.82 Å². The number of aliphatic hydroxyl groups excluding tert-OH is 1. The molecule has 162 valence electrons. The molecule has 0 radical (unpaired) electrons. The first-order valence-electron chi connectivity index (χ1n) is 10.1. The zero-order chi connectivity index (χ0) is 22.8. The third-order valence-corrected chi connectivity index (χ3v) is 5.55. The smallest absolute Gasteiger partial charge is 0.301 e. The van der Waals surface area contributed by atoms with E-state index in [9.17, 15) is 14.7 Å². The van der Waals surface area contributed by atoms with Crippen LogP contribution in [0.1, 0.15) is 31.0 Å². The van der Waals surface area contributed by atoms with Gasteiger partial charge >= 0.3 is 5.91 Å². The Hall–Kier alpha value is -3.45. The standard InChI is InChI=1S/C25H21BrN2O4/c1-15(2)32-19-12-8-17(9-13-19)23(29)21-22(16-6-10-18(26)11-7-16)28(25(31)24(21)30)20-5-3-4-14-27-20/h3-15,22,29H,1-2H3. The van der Waals surface area contributed by atoms with Crippen LogP contribution < -0.4 is 9.64 Å². The van der Waals surface area contributed by atoms with Gasteiger partial charge in [-0.15, -0.1) is 0 Å². The number of aromatic nitrogens is 1. The summed E-state index contributed by atoms with van der Waals surface area (Å²) < 4.78 is 6.51. The van der Waals surface area contributed by atoms with Crippen LogP contribution in [0, 0.1) is 0 Å². The van der Waals surface area contributed by atoms with Crippen molar-refractivity contribution >= 4 is 39.2 Å². The number of Topliss-reactive ketones (excluding diaryl/α,β-unsaturated/α-hetero) is 1. The topological polar surface area (TPSA) is 79.7 Å². The number of nitrogens with zero attached hydrogens (tertiary/aromatic N) is 2. The normalized spacial score (nSPS) is 17.8. The molecular formula is C25H21BrN2O4. The zero-order valence-electron chi connectivity index (χ0n) is 17.5. The Morgan fingerprint density at radius 1 is 1.03 bits per heavy atom. The van der Waals surface area contributed by atoms with Crippen LogP contribution in [-0.2, 0) is 9.59 Å². The summed E-state index contributed by atoms with van der Waals surface area (Å²) in [6.45, 7) is 3.84. The fraction of sp³-hybridized carbons (Fsp3) is 0.160. The van der Waals surface area contributed by atoms with Crippen LogP contribution in [0.25, 0.3) is 5.76 Å². The molecule has 1 amide bonds. The van der Waals surface area contributed by atoms with E-state index >= 15 is 0 Å². The van der Waals surface area contributed by atoms with E-state index in [1.165, 1.54) is 4.90 Å². The summed E-state index contributed by atoms with van der Waals surface area (Å²) in [7, 11) is 0. The first-order chi connectivity index (χ1) is 15.4. The number of aliphatic hydroxyl groups is 1. The van der Waals surface area contributed by atoms with Crippen LogP contribution >= 0.6 is 15.9 Å². The lowest BCUT2D eigenvalue weighted by atomic mass is 9.95. The lowest BCUT2D eigenvalue weighted by Crippen LogP contribution is -2.30. The number of ether oxygens (including phenoxy) is 1. The molecule has 0 spiro atoms. The maximum atomic E-state index is 13.1. The lowest BCUT2D eigenvalue weighted by molar-refractivity contribution is -0.132. The Morgan fingerprint density at radius 2 is 1.72 bits per heavy atom. The molecule has 7 heteroatoms. The minimum atomic E-state index is -0.815. The van der Waals surface area contributed by atoms with Crippen molar-refractivity contribution in [2.45, 2.75) is 26.0 Å². The Bertz CT molecular complexity index is 1170. The average molecular weight is 493 g/mol. The fourth-order valence-corrected chi connectivity index (χ4v) is 3.91. The third kappa shape index (κ3) is 4.16. The van der Waals surface area contributed by atoms with E-state index < -0.39 is 17.7 Å². The second kappa shape index (κ2) is 8.96. The molecule has 2 aromatic carbocycles.